The van der Waals surface area contributed by atoms with Gasteiger partial charge in [0.05, 0.1) is 0 Å². The van der Waals surface area contributed by atoms with Crippen molar-refractivity contribution in [3.8, 4) is 0 Å². The zero-order chi connectivity index (χ0) is 14.0. The van der Waals surface area contributed by atoms with Crippen LogP contribution in [0.15, 0.2) is 18.2 Å². The maximum Gasteiger partial charge on any atom is 0.124 e. The summed E-state index contributed by atoms with van der Waals surface area (Å²) in [6.45, 7) is 8.90. The summed E-state index contributed by atoms with van der Waals surface area (Å²) in [6.07, 6.45) is 3.67. The number of rotatable bonds is 2. The molecule has 0 atom stereocenters. The molecule has 19 heavy (non-hydrogen) atoms. The molecule has 1 aromatic carbocycles. The van der Waals surface area contributed by atoms with Crippen molar-refractivity contribution >= 4 is 11.5 Å². The minimum absolute atomic E-state index is 0.165. The van der Waals surface area contributed by atoms with Crippen LogP contribution in [-0.2, 0) is 0 Å². The van der Waals surface area contributed by atoms with E-state index in [1.54, 1.807) is 0 Å². The molecule has 1 heterocycles. The molecule has 0 unspecified atom stereocenters. The van der Waals surface area contributed by atoms with Gasteiger partial charge in [-0.3, -0.25) is 5.41 Å². The molecule has 0 saturated carbocycles. The van der Waals surface area contributed by atoms with Crippen molar-refractivity contribution in [3.05, 3.63) is 29.3 Å². The van der Waals surface area contributed by atoms with Crippen LogP contribution in [0, 0.1) is 17.7 Å². The molecule has 0 bridgehead atoms. The largest absolute Gasteiger partial charge is 0.384 e. The standard InChI is InChI=1S/C16H25N3/c1-12-5-6-13(15(17)18)14(11-12)19-9-4-7-16(2,3)8-10-19/h5-6,11H,4,7-10H2,1-3H3,(H3,17,18). The van der Waals surface area contributed by atoms with Gasteiger partial charge in [-0.1, -0.05) is 19.9 Å². The number of nitrogens with zero attached hydrogens (tertiary/aromatic N) is 1. The van der Waals surface area contributed by atoms with E-state index in [1.807, 2.05) is 12.1 Å². The van der Waals surface area contributed by atoms with Crippen LogP contribution in [0.4, 0.5) is 5.69 Å². The van der Waals surface area contributed by atoms with E-state index >= 15 is 0 Å². The van der Waals surface area contributed by atoms with Gasteiger partial charge in [-0.15, -0.1) is 0 Å². The third-order valence-electron chi connectivity index (χ3n) is 4.12. The Labute approximate surface area is 116 Å². The molecule has 1 saturated heterocycles. The van der Waals surface area contributed by atoms with Gasteiger partial charge < -0.3 is 10.6 Å². The number of anilines is 1. The van der Waals surface area contributed by atoms with Crippen molar-refractivity contribution in [2.75, 3.05) is 18.0 Å². The number of amidine groups is 1. The molecule has 2 rings (SSSR count). The average molecular weight is 259 g/mol. The van der Waals surface area contributed by atoms with E-state index in [-0.39, 0.29) is 5.84 Å². The lowest BCUT2D eigenvalue weighted by Crippen LogP contribution is -2.28. The molecule has 3 nitrogen and oxygen atoms in total. The number of nitrogen functional groups attached to an aromatic ring is 1. The zero-order valence-corrected chi connectivity index (χ0v) is 12.3. The molecule has 0 radical (unpaired) electrons. The number of nitrogens with two attached hydrogens (primary N) is 1. The lowest BCUT2D eigenvalue weighted by molar-refractivity contribution is 0.325. The Morgan fingerprint density at radius 2 is 2.00 bits per heavy atom. The Hall–Kier alpha value is -1.51. The van der Waals surface area contributed by atoms with Crippen LogP contribution in [0.5, 0.6) is 0 Å². The summed E-state index contributed by atoms with van der Waals surface area (Å²) < 4.78 is 0. The summed E-state index contributed by atoms with van der Waals surface area (Å²) in [5.74, 6) is 0.165. The second-order valence-corrected chi connectivity index (χ2v) is 6.44. The Morgan fingerprint density at radius 3 is 2.68 bits per heavy atom. The third-order valence-corrected chi connectivity index (χ3v) is 4.12. The fraction of sp³-hybridized carbons (Fsp3) is 0.562. The van der Waals surface area contributed by atoms with Gasteiger partial charge in [-0.05, 0) is 49.3 Å². The van der Waals surface area contributed by atoms with E-state index in [4.69, 9.17) is 11.1 Å². The van der Waals surface area contributed by atoms with Gasteiger partial charge in [-0.2, -0.15) is 0 Å². The van der Waals surface area contributed by atoms with Crippen molar-refractivity contribution in [1.82, 2.24) is 0 Å². The number of hydrogen-bond acceptors (Lipinski definition) is 2. The van der Waals surface area contributed by atoms with Crippen molar-refractivity contribution in [3.63, 3.8) is 0 Å². The molecule has 1 aromatic rings. The fourth-order valence-corrected chi connectivity index (χ4v) is 2.79. The molecule has 1 aliphatic rings. The monoisotopic (exact) mass is 259 g/mol. The highest BCUT2D eigenvalue weighted by Gasteiger charge is 2.24. The van der Waals surface area contributed by atoms with Crippen LogP contribution in [0.1, 0.15) is 44.2 Å². The molecule has 104 valence electrons. The second kappa shape index (κ2) is 5.24. The predicted molar refractivity (Wildman–Crippen MR) is 82.0 cm³/mol. The molecule has 0 aliphatic carbocycles. The van der Waals surface area contributed by atoms with Crippen LogP contribution >= 0.6 is 0 Å². The summed E-state index contributed by atoms with van der Waals surface area (Å²) in [6, 6.07) is 6.17. The molecular weight excluding hydrogens is 234 g/mol. The van der Waals surface area contributed by atoms with Crippen LogP contribution in [0.2, 0.25) is 0 Å². The smallest absolute Gasteiger partial charge is 0.124 e. The number of benzene rings is 1. The van der Waals surface area contributed by atoms with Crippen LogP contribution < -0.4 is 10.6 Å². The highest BCUT2D eigenvalue weighted by Crippen LogP contribution is 2.33. The Balaban J connectivity index is 2.30. The summed E-state index contributed by atoms with van der Waals surface area (Å²) in [5, 5.41) is 7.75. The van der Waals surface area contributed by atoms with Crippen molar-refractivity contribution in [2.24, 2.45) is 11.1 Å². The first kappa shape index (κ1) is 13.9. The molecular formula is C16H25N3. The maximum absolute atomic E-state index is 7.75. The van der Waals surface area contributed by atoms with Gasteiger partial charge >= 0.3 is 0 Å². The molecule has 3 N–H and O–H groups in total. The minimum atomic E-state index is 0.165. The first-order valence-electron chi connectivity index (χ1n) is 7.09. The number of nitrogens with one attached hydrogen (secondary N) is 1. The Morgan fingerprint density at radius 1 is 1.26 bits per heavy atom. The quantitative estimate of drug-likeness (QED) is 0.632. The number of aryl methyl sites for hydroxylation is 1. The van der Waals surface area contributed by atoms with E-state index in [9.17, 15) is 0 Å². The first-order valence-corrected chi connectivity index (χ1v) is 7.09. The van der Waals surface area contributed by atoms with Gasteiger partial charge in [0.1, 0.15) is 5.84 Å². The predicted octanol–water partition coefficient (Wildman–Crippen LogP) is 3.30. The topological polar surface area (TPSA) is 53.1 Å². The van der Waals surface area contributed by atoms with Crippen LogP contribution in [0.25, 0.3) is 0 Å². The van der Waals surface area contributed by atoms with E-state index in [1.165, 1.54) is 24.8 Å². The fourth-order valence-electron chi connectivity index (χ4n) is 2.79. The molecule has 1 fully saturated rings. The van der Waals surface area contributed by atoms with E-state index in [2.05, 4.69) is 31.7 Å². The van der Waals surface area contributed by atoms with E-state index in [0.29, 0.717) is 5.41 Å². The Bertz CT molecular complexity index is 477. The summed E-state index contributed by atoms with van der Waals surface area (Å²) in [4.78, 5) is 2.40. The average Bonchev–Trinajstić information content (AvgIpc) is 2.49. The highest BCUT2D eigenvalue weighted by molar-refractivity contribution is 6.00. The lowest BCUT2D eigenvalue weighted by atomic mass is 9.85. The lowest BCUT2D eigenvalue weighted by Gasteiger charge is -2.27. The normalized spacial score (nSPS) is 19.0. The molecule has 0 aromatic heterocycles. The van der Waals surface area contributed by atoms with Crippen molar-refractivity contribution in [1.29, 1.82) is 5.41 Å². The summed E-state index contributed by atoms with van der Waals surface area (Å²) >= 11 is 0. The third kappa shape index (κ3) is 3.28. The molecule has 0 amide bonds. The van der Waals surface area contributed by atoms with Gasteiger partial charge in [0.15, 0.2) is 0 Å². The van der Waals surface area contributed by atoms with E-state index in [0.717, 1.165) is 24.3 Å². The Kier molecular flexibility index (Phi) is 3.83. The highest BCUT2D eigenvalue weighted by atomic mass is 15.1. The van der Waals surface area contributed by atoms with Crippen LogP contribution in [-0.4, -0.2) is 18.9 Å². The molecule has 1 aliphatic heterocycles. The van der Waals surface area contributed by atoms with E-state index < -0.39 is 0 Å². The van der Waals surface area contributed by atoms with Gasteiger partial charge in [-0.25, -0.2) is 0 Å². The zero-order valence-electron chi connectivity index (χ0n) is 12.3. The maximum atomic E-state index is 7.75. The van der Waals surface area contributed by atoms with Gasteiger partial charge in [0.25, 0.3) is 0 Å². The van der Waals surface area contributed by atoms with Crippen molar-refractivity contribution < 1.29 is 0 Å². The van der Waals surface area contributed by atoms with Crippen LogP contribution in [0.3, 0.4) is 0 Å². The SMILES string of the molecule is Cc1ccc(C(=N)N)c(N2CCCC(C)(C)CC2)c1. The molecule has 3 heteroatoms. The second-order valence-electron chi connectivity index (χ2n) is 6.44. The number of hydrogen-bond donors (Lipinski definition) is 2. The summed E-state index contributed by atoms with van der Waals surface area (Å²) in [5.41, 5.74) is 9.37. The van der Waals surface area contributed by atoms with Gasteiger partial charge in [0.2, 0.25) is 0 Å². The van der Waals surface area contributed by atoms with Gasteiger partial charge in [0, 0.05) is 24.3 Å². The first-order chi connectivity index (χ1) is 8.89. The summed E-state index contributed by atoms with van der Waals surface area (Å²) in [7, 11) is 0. The van der Waals surface area contributed by atoms with Crippen molar-refractivity contribution in [2.45, 2.75) is 40.0 Å². The molecule has 0 spiro atoms. The minimum Gasteiger partial charge on any atom is -0.384 e.